The van der Waals surface area contributed by atoms with Gasteiger partial charge in [0.2, 0.25) is 0 Å². The second-order valence-corrected chi connectivity index (χ2v) is 7.23. The van der Waals surface area contributed by atoms with Crippen molar-refractivity contribution in [2.45, 2.75) is 20.0 Å². The van der Waals surface area contributed by atoms with Crippen LogP contribution >= 0.6 is 0 Å². The molecule has 8 nitrogen and oxygen atoms in total. The summed E-state index contributed by atoms with van der Waals surface area (Å²) in [5.41, 5.74) is 5.56. The normalized spacial score (nSPS) is 12.2. The summed E-state index contributed by atoms with van der Waals surface area (Å²) < 4.78 is 57.4. The lowest BCUT2D eigenvalue weighted by molar-refractivity contribution is -0.124. The maximum absolute atomic E-state index is 14.9. The minimum atomic E-state index is -2.03. The third kappa shape index (κ3) is 4.07. The number of aryl methyl sites for hydroxylation is 2. The van der Waals surface area contributed by atoms with E-state index < -0.39 is 46.5 Å². The van der Waals surface area contributed by atoms with Gasteiger partial charge in [0.15, 0.2) is 17.7 Å². The van der Waals surface area contributed by atoms with Crippen molar-refractivity contribution in [3.05, 3.63) is 70.7 Å². The molecule has 33 heavy (non-hydrogen) atoms. The highest BCUT2D eigenvalue weighted by atomic mass is 19.1. The molecule has 2 heterocycles. The molecule has 12 heteroatoms. The molecule has 4 rings (SSSR count). The first-order valence-corrected chi connectivity index (χ1v) is 9.49. The molecule has 0 fully saturated rings. The predicted molar refractivity (Wildman–Crippen MR) is 110 cm³/mol. The number of nitrogen functional groups attached to an aromatic ring is 1. The highest BCUT2D eigenvalue weighted by molar-refractivity contribution is 5.95. The zero-order valence-corrected chi connectivity index (χ0v) is 17.2. The molecule has 0 radical (unpaired) electrons. The van der Waals surface area contributed by atoms with Crippen LogP contribution < -0.4 is 11.1 Å². The minimum absolute atomic E-state index is 0.0146. The van der Waals surface area contributed by atoms with Crippen LogP contribution in [0, 0.1) is 37.1 Å². The SMILES string of the molecule is Cc1nc(N)c2c(n1)c(C)nn2-c1cc(F)c(NC(=O)C(O)c2cc(F)cc(F)c2)cc1F. The Morgan fingerprint density at radius 2 is 1.70 bits per heavy atom. The number of carbonyl (C=O) groups is 1. The Hall–Kier alpha value is -4.06. The highest BCUT2D eigenvalue weighted by Crippen LogP contribution is 2.29. The van der Waals surface area contributed by atoms with Crippen LogP contribution in [0.5, 0.6) is 0 Å². The second kappa shape index (κ2) is 8.13. The molecule has 0 saturated carbocycles. The summed E-state index contributed by atoms with van der Waals surface area (Å²) in [6.45, 7) is 3.24. The number of aromatic nitrogens is 4. The summed E-state index contributed by atoms with van der Waals surface area (Å²) in [7, 11) is 0. The number of halogens is 4. The van der Waals surface area contributed by atoms with Gasteiger partial charge in [0.05, 0.1) is 11.4 Å². The number of amides is 1. The number of carbonyl (C=O) groups excluding carboxylic acids is 1. The van der Waals surface area contributed by atoms with Gasteiger partial charge >= 0.3 is 0 Å². The average molecular weight is 460 g/mol. The van der Waals surface area contributed by atoms with E-state index in [1.807, 2.05) is 5.32 Å². The van der Waals surface area contributed by atoms with E-state index in [9.17, 15) is 27.5 Å². The fourth-order valence-corrected chi connectivity index (χ4v) is 3.35. The molecule has 1 unspecified atom stereocenters. The van der Waals surface area contributed by atoms with E-state index in [0.29, 0.717) is 29.2 Å². The number of aliphatic hydroxyl groups is 1. The third-order valence-corrected chi connectivity index (χ3v) is 4.80. The Morgan fingerprint density at radius 3 is 2.36 bits per heavy atom. The molecule has 0 saturated heterocycles. The molecule has 0 aliphatic rings. The summed E-state index contributed by atoms with van der Waals surface area (Å²) in [4.78, 5) is 20.5. The molecule has 4 aromatic rings. The van der Waals surface area contributed by atoms with Gasteiger partial charge in [-0.25, -0.2) is 32.2 Å². The smallest absolute Gasteiger partial charge is 0.257 e. The number of hydrogen-bond donors (Lipinski definition) is 3. The molecule has 2 aromatic carbocycles. The number of hydrogen-bond acceptors (Lipinski definition) is 6. The van der Waals surface area contributed by atoms with Crippen molar-refractivity contribution in [3.63, 3.8) is 0 Å². The van der Waals surface area contributed by atoms with Crippen molar-refractivity contribution in [3.8, 4) is 5.69 Å². The van der Waals surface area contributed by atoms with E-state index in [-0.39, 0.29) is 17.0 Å². The van der Waals surface area contributed by atoms with Crippen LogP contribution in [0.15, 0.2) is 30.3 Å². The van der Waals surface area contributed by atoms with E-state index in [1.54, 1.807) is 13.8 Å². The van der Waals surface area contributed by atoms with Gasteiger partial charge in [-0.05, 0) is 31.5 Å². The fraction of sp³-hybridized carbons (Fsp3) is 0.143. The zero-order chi connectivity index (χ0) is 24.0. The van der Waals surface area contributed by atoms with Gasteiger partial charge in [-0.2, -0.15) is 5.10 Å². The van der Waals surface area contributed by atoms with E-state index in [2.05, 4.69) is 15.1 Å². The van der Waals surface area contributed by atoms with Crippen LogP contribution in [0.1, 0.15) is 23.2 Å². The zero-order valence-electron chi connectivity index (χ0n) is 17.2. The van der Waals surface area contributed by atoms with Crippen LogP contribution in [0.2, 0.25) is 0 Å². The monoisotopic (exact) mass is 460 g/mol. The lowest BCUT2D eigenvalue weighted by atomic mass is 10.1. The van der Waals surface area contributed by atoms with Crippen molar-refractivity contribution in [1.29, 1.82) is 0 Å². The van der Waals surface area contributed by atoms with Gasteiger partial charge in [0, 0.05) is 18.2 Å². The van der Waals surface area contributed by atoms with Crippen LogP contribution in [-0.2, 0) is 4.79 Å². The summed E-state index contributed by atoms with van der Waals surface area (Å²) >= 11 is 0. The number of nitrogens with one attached hydrogen (secondary N) is 1. The van der Waals surface area contributed by atoms with Crippen molar-refractivity contribution >= 4 is 28.4 Å². The predicted octanol–water partition coefficient (Wildman–Crippen LogP) is 3.24. The topological polar surface area (TPSA) is 119 Å². The van der Waals surface area contributed by atoms with Crippen LogP contribution in [0.25, 0.3) is 16.7 Å². The molecule has 1 amide bonds. The van der Waals surface area contributed by atoms with Gasteiger partial charge in [0.25, 0.3) is 5.91 Å². The largest absolute Gasteiger partial charge is 0.382 e. The Morgan fingerprint density at radius 1 is 1.03 bits per heavy atom. The van der Waals surface area contributed by atoms with E-state index in [0.717, 1.165) is 22.9 Å². The van der Waals surface area contributed by atoms with Crippen molar-refractivity contribution in [2.24, 2.45) is 0 Å². The second-order valence-electron chi connectivity index (χ2n) is 7.23. The standard InChI is InChI=1S/C21H16F4N6O2/c1-8-17-18(20(26)28-9(2)27-17)31(30-8)16-7-13(24)15(6-14(16)25)29-21(33)19(32)10-3-11(22)5-12(23)4-10/h3-7,19,32H,1-2H3,(H,29,33)(H2,26,27,28). The molecule has 0 aliphatic carbocycles. The average Bonchev–Trinajstić information content (AvgIpc) is 3.05. The Kier molecular flexibility index (Phi) is 5.46. The van der Waals surface area contributed by atoms with Crippen LogP contribution in [0.4, 0.5) is 29.1 Å². The summed E-state index contributed by atoms with van der Waals surface area (Å²) in [5.74, 6) is -4.91. The molecule has 0 aliphatic heterocycles. The van der Waals surface area contributed by atoms with Gasteiger partial charge in [-0.3, -0.25) is 4.79 Å². The lowest BCUT2D eigenvalue weighted by Gasteiger charge is -2.14. The number of benzene rings is 2. The highest BCUT2D eigenvalue weighted by Gasteiger charge is 2.23. The summed E-state index contributed by atoms with van der Waals surface area (Å²) in [6, 6.07) is 3.49. The van der Waals surface area contributed by atoms with Crippen molar-refractivity contribution in [1.82, 2.24) is 19.7 Å². The van der Waals surface area contributed by atoms with E-state index in [4.69, 9.17) is 5.73 Å². The molecular formula is C21H16F4N6O2. The van der Waals surface area contributed by atoms with Crippen LogP contribution in [0.3, 0.4) is 0 Å². The molecule has 170 valence electrons. The Bertz CT molecular complexity index is 1400. The molecule has 4 N–H and O–H groups in total. The number of anilines is 2. The van der Waals surface area contributed by atoms with Gasteiger partial charge < -0.3 is 16.2 Å². The van der Waals surface area contributed by atoms with Crippen molar-refractivity contribution < 1.29 is 27.5 Å². The maximum atomic E-state index is 14.9. The molecular weight excluding hydrogens is 444 g/mol. The molecule has 1 atom stereocenters. The summed E-state index contributed by atoms with van der Waals surface area (Å²) in [6.07, 6.45) is -2.03. The first-order valence-electron chi connectivity index (χ1n) is 9.49. The fourth-order valence-electron chi connectivity index (χ4n) is 3.35. The first kappa shape index (κ1) is 22.1. The first-order chi connectivity index (χ1) is 15.5. The lowest BCUT2D eigenvalue weighted by Crippen LogP contribution is -2.22. The van der Waals surface area contributed by atoms with E-state index >= 15 is 0 Å². The van der Waals surface area contributed by atoms with Crippen molar-refractivity contribution in [2.75, 3.05) is 11.1 Å². The number of nitrogens with two attached hydrogens (primary N) is 1. The number of nitrogens with zero attached hydrogens (tertiary/aromatic N) is 4. The van der Waals surface area contributed by atoms with Gasteiger partial charge in [-0.15, -0.1) is 0 Å². The molecule has 2 aromatic heterocycles. The Balaban J connectivity index is 1.69. The number of fused-ring (bicyclic) bond motifs is 1. The van der Waals surface area contributed by atoms with Gasteiger partial charge in [0.1, 0.15) is 40.0 Å². The number of rotatable bonds is 4. The van der Waals surface area contributed by atoms with E-state index in [1.165, 1.54) is 0 Å². The quantitative estimate of drug-likeness (QED) is 0.403. The Labute approximate surface area is 183 Å². The van der Waals surface area contributed by atoms with Crippen LogP contribution in [-0.4, -0.2) is 30.8 Å². The molecule has 0 spiro atoms. The molecule has 0 bridgehead atoms. The third-order valence-electron chi connectivity index (χ3n) is 4.80. The van der Waals surface area contributed by atoms with Gasteiger partial charge in [-0.1, -0.05) is 0 Å². The summed E-state index contributed by atoms with van der Waals surface area (Å²) in [5, 5.41) is 16.2. The minimum Gasteiger partial charge on any atom is -0.382 e. The maximum Gasteiger partial charge on any atom is 0.257 e. The number of aliphatic hydroxyl groups excluding tert-OH is 1.